The molecule has 0 saturated heterocycles. The molecule has 0 fully saturated rings. The van der Waals surface area contributed by atoms with Crippen LogP contribution >= 0.6 is 0 Å². The van der Waals surface area contributed by atoms with E-state index in [9.17, 15) is 9.18 Å². The Labute approximate surface area is 175 Å². The number of amides is 1. The second-order valence-electron chi connectivity index (χ2n) is 8.23. The first-order chi connectivity index (χ1) is 14.6. The number of rotatable bonds is 4. The smallest absolute Gasteiger partial charge is 0.254 e. The van der Waals surface area contributed by atoms with E-state index in [1.54, 1.807) is 18.2 Å². The first kappa shape index (κ1) is 19.0. The molecule has 1 aliphatic heterocycles. The number of aromatic nitrogens is 1. The fourth-order valence-electron chi connectivity index (χ4n) is 4.95. The van der Waals surface area contributed by atoms with E-state index in [1.807, 2.05) is 0 Å². The Balaban J connectivity index is 1.33. The van der Waals surface area contributed by atoms with Crippen molar-refractivity contribution in [1.82, 2.24) is 14.9 Å². The van der Waals surface area contributed by atoms with Crippen LogP contribution in [0.3, 0.4) is 0 Å². The summed E-state index contributed by atoms with van der Waals surface area (Å²) in [5.41, 5.74) is 8.35. The third kappa shape index (κ3) is 3.31. The summed E-state index contributed by atoms with van der Waals surface area (Å²) in [5.74, 6) is -0.528. The van der Waals surface area contributed by atoms with Crippen LogP contribution in [0.25, 0.3) is 10.9 Å². The minimum absolute atomic E-state index is 0.171. The van der Waals surface area contributed by atoms with E-state index < -0.39 is 0 Å². The Hall–Kier alpha value is -2.99. The zero-order valence-corrected chi connectivity index (χ0v) is 17.1. The molecule has 3 aromatic rings. The van der Waals surface area contributed by atoms with Crippen LogP contribution in [-0.4, -0.2) is 34.7 Å². The van der Waals surface area contributed by atoms with Gasteiger partial charge in [0.1, 0.15) is 5.82 Å². The van der Waals surface area contributed by atoms with Gasteiger partial charge in [-0.3, -0.25) is 9.69 Å². The number of hydrogen-bond acceptors (Lipinski definition) is 3. The molecule has 2 heterocycles. The van der Waals surface area contributed by atoms with Crippen molar-refractivity contribution in [2.45, 2.75) is 38.8 Å². The van der Waals surface area contributed by atoms with Crippen molar-refractivity contribution in [2.24, 2.45) is 5.10 Å². The van der Waals surface area contributed by atoms with Gasteiger partial charge in [-0.1, -0.05) is 29.8 Å². The van der Waals surface area contributed by atoms with E-state index in [1.165, 1.54) is 40.0 Å². The van der Waals surface area contributed by atoms with E-state index in [0.717, 1.165) is 32.4 Å². The lowest BCUT2D eigenvalue weighted by atomic mass is 9.89. The Morgan fingerprint density at radius 2 is 2.13 bits per heavy atom. The number of carbonyl (C=O) groups excluding carboxylic acids is 1. The molecule has 1 atom stereocenters. The number of aryl methyl sites for hydroxylation is 2. The van der Waals surface area contributed by atoms with Gasteiger partial charge in [0.15, 0.2) is 0 Å². The van der Waals surface area contributed by atoms with Gasteiger partial charge in [-0.25, -0.2) is 9.82 Å². The van der Waals surface area contributed by atoms with Gasteiger partial charge in [-0.2, -0.15) is 5.10 Å². The molecule has 0 bridgehead atoms. The maximum atomic E-state index is 13.7. The molecule has 6 heteroatoms. The molecule has 1 N–H and O–H groups in total. The van der Waals surface area contributed by atoms with Gasteiger partial charge in [0.25, 0.3) is 5.91 Å². The average Bonchev–Trinajstić information content (AvgIpc) is 3.06. The van der Waals surface area contributed by atoms with Gasteiger partial charge < -0.3 is 4.57 Å². The summed E-state index contributed by atoms with van der Waals surface area (Å²) >= 11 is 0. The predicted molar refractivity (Wildman–Crippen MR) is 116 cm³/mol. The summed E-state index contributed by atoms with van der Waals surface area (Å²) in [7, 11) is 0. The molecule has 1 aromatic heterocycles. The third-order valence-corrected chi connectivity index (χ3v) is 6.28. The predicted octanol–water partition coefficient (Wildman–Crippen LogP) is 3.93. The van der Waals surface area contributed by atoms with Crippen LogP contribution in [0.5, 0.6) is 0 Å². The molecule has 1 amide bonds. The molecule has 0 saturated carbocycles. The van der Waals surface area contributed by atoms with Crippen molar-refractivity contribution < 1.29 is 9.18 Å². The maximum Gasteiger partial charge on any atom is 0.254 e. The SMILES string of the molecule is Cc1ccc2c(c1)c1c3n2CCN(CC(=O)NN=Cc2ccccc2F)C3CCC1. The Morgan fingerprint density at radius 3 is 3.00 bits per heavy atom. The molecule has 0 spiro atoms. The number of carbonyl (C=O) groups is 1. The first-order valence-corrected chi connectivity index (χ1v) is 10.5. The lowest BCUT2D eigenvalue weighted by Crippen LogP contribution is -2.44. The number of fused-ring (bicyclic) bond motifs is 3. The Morgan fingerprint density at radius 1 is 1.27 bits per heavy atom. The lowest BCUT2D eigenvalue weighted by Gasteiger charge is -2.39. The fourth-order valence-corrected chi connectivity index (χ4v) is 4.95. The topological polar surface area (TPSA) is 49.6 Å². The van der Waals surface area contributed by atoms with Crippen LogP contribution in [0, 0.1) is 12.7 Å². The van der Waals surface area contributed by atoms with E-state index >= 15 is 0 Å². The number of hydrazone groups is 1. The van der Waals surface area contributed by atoms with Crippen molar-refractivity contribution in [3.8, 4) is 0 Å². The molecule has 2 aromatic carbocycles. The number of hydrogen-bond donors (Lipinski definition) is 1. The van der Waals surface area contributed by atoms with Crippen molar-refractivity contribution in [3.63, 3.8) is 0 Å². The van der Waals surface area contributed by atoms with E-state index in [2.05, 4.69) is 45.1 Å². The summed E-state index contributed by atoms with van der Waals surface area (Å²) in [6.45, 7) is 4.15. The van der Waals surface area contributed by atoms with Crippen molar-refractivity contribution in [1.29, 1.82) is 0 Å². The molecular formula is C24H25FN4O. The van der Waals surface area contributed by atoms with Crippen LogP contribution in [0.2, 0.25) is 0 Å². The van der Waals surface area contributed by atoms with Crippen molar-refractivity contribution in [3.05, 3.63) is 70.7 Å². The standard InChI is InChI=1S/C24H25FN4O/c1-16-9-10-21-19(13-16)18-6-4-8-22-24(18)29(21)12-11-28(22)15-23(30)27-26-14-17-5-2-3-7-20(17)25/h2-3,5,7,9-10,13-14,22H,4,6,8,11-12,15H2,1H3,(H,27,30). The van der Waals surface area contributed by atoms with Crippen LogP contribution in [0.1, 0.15) is 41.3 Å². The van der Waals surface area contributed by atoms with Gasteiger partial charge in [0.05, 0.1) is 18.8 Å². The number of benzene rings is 2. The minimum Gasteiger partial charge on any atom is -0.342 e. The highest BCUT2D eigenvalue weighted by molar-refractivity contribution is 5.87. The monoisotopic (exact) mass is 404 g/mol. The Bertz CT molecular complexity index is 1150. The summed E-state index contributed by atoms with van der Waals surface area (Å²) in [6, 6.07) is 13.3. The van der Waals surface area contributed by atoms with Crippen LogP contribution in [0.4, 0.5) is 4.39 Å². The van der Waals surface area contributed by atoms with E-state index in [4.69, 9.17) is 0 Å². The van der Waals surface area contributed by atoms with E-state index in [-0.39, 0.29) is 17.8 Å². The maximum absolute atomic E-state index is 13.7. The van der Waals surface area contributed by atoms with Crippen LogP contribution in [0.15, 0.2) is 47.6 Å². The summed E-state index contributed by atoms with van der Waals surface area (Å²) in [4.78, 5) is 14.8. The molecule has 5 nitrogen and oxygen atoms in total. The molecular weight excluding hydrogens is 379 g/mol. The zero-order chi connectivity index (χ0) is 20.7. The summed E-state index contributed by atoms with van der Waals surface area (Å²) in [5, 5.41) is 5.31. The number of nitrogens with one attached hydrogen (secondary N) is 1. The quantitative estimate of drug-likeness (QED) is 0.529. The molecule has 30 heavy (non-hydrogen) atoms. The van der Waals surface area contributed by atoms with Gasteiger partial charge in [0.2, 0.25) is 0 Å². The second kappa shape index (κ2) is 7.69. The van der Waals surface area contributed by atoms with E-state index in [0.29, 0.717) is 12.1 Å². The zero-order valence-electron chi connectivity index (χ0n) is 17.1. The van der Waals surface area contributed by atoms with Gasteiger partial charge in [-0.15, -0.1) is 0 Å². The molecule has 0 radical (unpaired) electrons. The first-order valence-electron chi connectivity index (χ1n) is 10.5. The minimum atomic E-state index is -0.357. The number of halogens is 1. The normalized spacial score (nSPS) is 18.7. The summed E-state index contributed by atoms with van der Waals surface area (Å²) < 4.78 is 16.1. The molecule has 154 valence electrons. The highest BCUT2D eigenvalue weighted by Crippen LogP contribution is 2.42. The third-order valence-electron chi connectivity index (χ3n) is 6.28. The van der Waals surface area contributed by atoms with Gasteiger partial charge in [-0.05, 0) is 49.9 Å². The number of nitrogens with zero attached hydrogens (tertiary/aromatic N) is 3. The summed E-state index contributed by atoms with van der Waals surface area (Å²) in [6.07, 6.45) is 4.65. The second-order valence-corrected chi connectivity index (χ2v) is 8.23. The highest BCUT2D eigenvalue weighted by Gasteiger charge is 2.35. The molecule has 1 unspecified atom stereocenters. The van der Waals surface area contributed by atoms with Gasteiger partial charge in [0, 0.05) is 35.2 Å². The highest BCUT2D eigenvalue weighted by atomic mass is 19.1. The average molecular weight is 404 g/mol. The van der Waals surface area contributed by atoms with Crippen molar-refractivity contribution in [2.75, 3.05) is 13.1 Å². The molecule has 2 aliphatic rings. The molecule has 1 aliphatic carbocycles. The van der Waals surface area contributed by atoms with Crippen LogP contribution in [-0.2, 0) is 17.8 Å². The van der Waals surface area contributed by atoms with Crippen LogP contribution < -0.4 is 5.43 Å². The van der Waals surface area contributed by atoms with Crippen molar-refractivity contribution >= 4 is 23.0 Å². The largest absolute Gasteiger partial charge is 0.342 e. The van der Waals surface area contributed by atoms with Gasteiger partial charge >= 0.3 is 0 Å². The lowest BCUT2D eigenvalue weighted by molar-refractivity contribution is -0.123. The Kier molecular flexibility index (Phi) is 4.87. The molecule has 5 rings (SSSR count). The fraction of sp³-hybridized carbons (Fsp3) is 0.333.